The first kappa shape index (κ1) is 11.5. The Bertz CT molecular complexity index is 330. The lowest BCUT2D eigenvalue weighted by atomic mass is 9.87. The molecule has 1 rings (SSSR count). The van der Waals surface area contributed by atoms with Crippen molar-refractivity contribution in [2.45, 2.75) is 38.0 Å². The normalized spacial score (nSPS) is 14.4. The molecule has 78 valence electrons. The molecule has 1 nitrogen and oxygen atoms in total. The Labute approximate surface area is 89.4 Å². The maximum Gasteiger partial charge on any atom is 0.0152 e. The van der Waals surface area contributed by atoms with E-state index < -0.39 is 0 Å². The average Bonchev–Trinajstić information content (AvgIpc) is 2.15. The van der Waals surface area contributed by atoms with Gasteiger partial charge in [-0.1, -0.05) is 43.6 Å². The van der Waals surface area contributed by atoms with Gasteiger partial charge in [-0.3, -0.25) is 5.14 Å². The van der Waals surface area contributed by atoms with Gasteiger partial charge in [0.1, 0.15) is 0 Å². The van der Waals surface area contributed by atoms with Crippen molar-refractivity contribution in [2.24, 2.45) is 5.14 Å². The highest BCUT2D eigenvalue weighted by molar-refractivity contribution is 8.13. The van der Waals surface area contributed by atoms with Gasteiger partial charge in [0.15, 0.2) is 0 Å². The van der Waals surface area contributed by atoms with Crippen LogP contribution in [0.2, 0.25) is 0 Å². The van der Waals surface area contributed by atoms with Crippen molar-refractivity contribution in [3.8, 4) is 0 Å². The van der Waals surface area contributed by atoms with E-state index in [-0.39, 0.29) is 16.1 Å². The molecule has 0 fully saturated rings. The third kappa shape index (κ3) is 2.69. The first-order valence-electron chi connectivity index (χ1n) is 4.82. The lowest BCUT2D eigenvalue weighted by Gasteiger charge is -2.19. The summed E-state index contributed by atoms with van der Waals surface area (Å²) in [6.07, 6.45) is 0. The second-order valence-corrected chi connectivity index (χ2v) is 6.07. The van der Waals surface area contributed by atoms with Crippen molar-refractivity contribution >= 4 is 16.0 Å². The van der Waals surface area contributed by atoms with Crippen molar-refractivity contribution < 1.29 is 0 Å². The molecule has 0 saturated heterocycles. The molecular formula is C12H19NS. The van der Waals surface area contributed by atoms with E-state index in [2.05, 4.69) is 45.0 Å². The Kier molecular flexibility index (Phi) is 3.51. The van der Waals surface area contributed by atoms with Crippen LogP contribution < -0.4 is 5.14 Å². The molecule has 0 aromatic heterocycles. The number of benzene rings is 1. The van der Waals surface area contributed by atoms with E-state index in [1.54, 1.807) is 0 Å². The van der Waals surface area contributed by atoms with Gasteiger partial charge in [0.25, 0.3) is 0 Å². The Morgan fingerprint density at radius 1 is 1.14 bits per heavy atom. The summed E-state index contributed by atoms with van der Waals surface area (Å²) >= 11 is 0. The van der Waals surface area contributed by atoms with E-state index in [4.69, 9.17) is 5.14 Å². The molecule has 0 aliphatic heterocycles. The first-order chi connectivity index (χ1) is 6.45. The summed E-state index contributed by atoms with van der Waals surface area (Å²) in [6.45, 7) is 8.66. The van der Waals surface area contributed by atoms with Crippen LogP contribution in [-0.2, 0) is 5.41 Å². The van der Waals surface area contributed by atoms with Crippen LogP contribution >= 0.6 is 10.7 Å². The largest absolute Gasteiger partial charge is 0.280 e. The summed E-state index contributed by atoms with van der Waals surface area (Å²) in [4.78, 5) is 1.21. The number of nitrogens with two attached hydrogens (primary N) is 1. The maximum atomic E-state index is 5.93. The van der Waals surface area contributed by atoms with E-state index in [0.717, 1.165) is 0 Å². The van der Waals surface area contributed by atoms with Crippen LogP contribution in [-0.4, -0.2) is 5.37 Å². The van der Waals surface area contributed by atoms with Crippen molar-refractivity contribution in [1.82, 2.24) is 0 Å². The second-order valence-electron chi connectivity index (χ2n) is 4.38. The van der Waals surface area contributed by atoms with Gasteiger partial charge >= 0.3 is 0 Å². The van der Waals surface area contributed by atoms with Crippen molar-refractivity contribution in [3.63, 3.8) is 0 Å². The molecule has 2 N–H and O–H groups in total. The highest BCUT2D eigenvalue weighted by Gasteiger charge is 2.12. The number of hydrogen-bond donors (Lipinski definition) is 1. The fraction of sp³-hybridized carbons (Fsp3) is 0.417. The van der Waals surface area contributed by atoms with Crippen molar-refractivity contribution in [2.75, 3.05) is 0 Å². The molecule has 1 atom stereocenters. The molecule has 1 aromatic carbocycles. The summed E-state index contributed by atoms with van der Waals surface area (Å²) in [5, 5.41) is 7.96. The molecule has 0 saturated carbocycles. The standard InChI is InChI=1S/C12H19NS/c1-5-14(13)11-8-6-10(7-9-11)12(2,3)4/h5-9H,13H2,1-4H3. The van der Waals surface area contributed by atoms with E-state index in [1.165, 1.54) is 10.5 Å². The SMILES string of the molecule is C/C=S(/N)c1ccc(C(C)(C)C)cc1. The second kappa shape index (κ2) is 4.28. The fourth-order valence-corrected chi connectivity index (χ4v) is 1.97. The number of rotatable bonds is 1. The van der Waals surface area contributed by atoms with E-state index in [0.29, 0.717) is 0 Å². The van der Waals surface area contributed by atoms with Gasteiger partial charge in [-0.25, -0.2) is 0 Å². The molecule has 0 amide bonds. The Hall–Kier alpha value is -0.600. The van der Waals surface area contributed by atoms with Gasteiger partial charge in [0.05, 0.1) is 0 Å². The highest BCUT2D eigenvalue weighted by Crippen LogP contribution is 2.25. The molecule has 0 aliphatic rings. The average molecular weight is 209 g/mol. The molecule has 1 aromatic rings. The predicted molar refractivity (Wildman–Crippen MR) is 66.9 cm³/mol. The zero-order chi connectivity index (χ0) is 10.8. The Morgan fingerprint density at radius 2 is 1.64 bits per heavy atom. The van der Waals surface area contributed by atoms with Gasteiger partial charge < -0.3 is 0 Å². The summed E-state index contributed by atoms with van der Waals surface area (Å²) in [5.74, 6) is 0. The zero-order valence-corrected chi connectivity index (χ0v) is 10.2. The molecule has 0 aliphatic carbocycles. The lowest BCUT2D eigenvalue weighted by Crippen LogP contribution is -2.10. The molecule has 2 heteroatoms. The predicted octanol–water partition coefficient (Wildman–Crippen LogP) is 3.31. The monoisotopic (exact) mass is 209 g/mol. The third-order valence-electron chi connectivity index (χ3n) is 2.25. The number of hydrogen-bond acceptors (Lipinski definition) is 1. The van der Waals surface area contributed by atoms with Crippen LogP contribution in [0.25, 0.3) is 0 Å². The lowest BCUT2D eigenvalue weighted by molar-refractivity contribution is 0.590. The van der Waals surface area contributed by atoms with Gasteiger partial charge in [-0.15, -0.1) is 0 Å². The maximum absolute atomic E-state index is 5.93. The Morgan fingerprint density at radius 3 is 2.00 bits per heavy atom. The van der Waals surface area contributed by atoms with Crippen LogP contribution in [0.4, 0.5) is 0 Å². The van der Waals surface area contributed by atoms with Crippen molar-refractivity contribution in [3.05, 3.63) is 29.8 Å². The summed E-state index contributed by atoms with van der Waals surface area (Å²) < 4.78 is 0. The van der Waals surface area contributed by atoms with E-state index in [1.807, 2.05) is 12.3 Å². The highest BCUT2D eigenvalue weighted by atomic mass is 32.2. The summed E-state index contributed by atoms with van der Waals surface area (Å²) in [7, 11) is -0.200. The van der Waals surface area contributed by atoms with E-state index in [9.17, 15) is 0 Å². The molecule has 0 bridgehead atoms. The van der Waals surface area contributed by atoms with Crippen LogP contribution in [0.5, 0.6) is 0 Å². The molecule has 0 heterocycles. The van der Waals surface area contributed by atoms with E-state index >= 15 is 0 Å². The van der Waals surface area contributed by atoms with Crippen molar-refractivity contribution in [1.29, 1.82) is 0 Å². The third-order valence-corrected chi connectivity index (χ3v) is 3.57. The minimum absolute atomic E-state index is 0.200. The van der Waals surface area contributed by atoms with Gasteiger partial charge in [0.2, 0.25) is 0 Å². The van der Waals surface area contributed by atoms with Gasteiger partial charge in [-0.05, 0) is 35.4 Å². The van der Waals surface area contributed by atoms with Crippen LogP contribution in [0, 0.1) is 0 Å². The topological polar surface area (TPSA) is 26.0 Å². The molecule has 0 spiro atoms. The van der Waals surface area contributed by atoms with Gasteiger partial charge in [0, 0.05) is 4.90 Å². The van der Waals surface area contributed by atoms with Gasteiger partial charge in [-0.2, -0.15) is 0 Å². The zero-order valence-electron chi connectivity index (χ0n) is 9.37. The quantitative estimate of drug-likeness (QED) is 0.706. The molecule has 1 unspecified atom stereocenters. The molecule has 14 heavy (non-hydrogen) atoms. The first-order valence-corrected chi connectivity index (χ1v) is 6.18. The fourth-order valence-electron chi connectivity index (χ4n) is 1.25. The molecule has 0 radical (unpaired) electrons. The summed E-state index contributed by atoms with van der Waals surface area (Å²) in [6, 6.07) is 8.60. The van der Waals surface area contributed by atoms with Crippen LogP contribution in [0.15, 0.2) is 29.2 Å². The minimum atomic E-state index is -0.200. The Balaban J connectivity index is 3.01. The molecular weight excluding hydrogens is 190 g/mol. The summed E-state index contributed by atoms with van der Waals surface area (Å²) in [5.41, 5.74) is 1.58. The smallest absolute Gasteiger partial charge is 0.0152 e. The van der Waals surface area contributed by atoms with Crippen LogP contribution in [0.1, 0.15) is 33.3 Å². The minimum Gasteiger partial charge on any atom is -0.280 e. The van der Waals surface area contributed by atoms with Crippen LogP contribution in [0.3, 0.4) is 0 Å².